The van der Waals surface area contributed by atoms with Gasteiger partial charge in [-0.05, 0) is 6.07 Å². The van der Waals surface area contributed by atoms with Crippen molar-refractivity contribution >= 4 is 0 Å². The summed E-state index contributed by atoms with van der Waals surface area (Å²) in [6.07, 6.45) is 3.32. The molecule has 0 amide bonds. The summed E-state index contributed by atoms with van der Waals surface area (Å²) in [6.45, 7) is 5.87. The second-order valence-corrected chi connectivity index (χ2v) is 3.69. The Bertz CT molecular complexity index is 356. The number of piperazine rings is 1. The van der Waals surface area contributed by atoms with Crippen molar-refractivity contribution < 1.29 is 0 Å². The van der Waals surface area contributed by atoms with Crippen molar-refractivity contribution in [1.82, 2.24) is 19.8 Å². The largest absolute Gasteiger partial charge is 0.347 e. The van der Waals surface area contributed by atoms with Crippen LogP contribution in [0.4, 0.5) is 0 Å². The van der Waals surface area contributed by atoms with E-state index in [9.17, 15) is 4.79 Å². The van der Waals surface area contributed by atoms with Crippen LogP contribution >= 0.6 is 0 Å². The van der Waals surface area contributed by atoms with Gasteiger partial charge in [-0.15, -0.1) is 0 Å². The first-order valence-corrected chi connectivity index (χ1v) is 5.31. The van der Waals surface area contributed by atoms with Gasteiger partial charge in [0, 0.05) is 51.7 Å². The van der Waals surface area contributed by atoms with Gasteiger partial charge in [-0.3, -0.25) is 9.47 Å². The van der Waals surface area contributed by atoms with Gasteiger partial charge < -0.3 is 5.32 Å². The van der Waals surface area contributed by atoms with E-state index in [1.54, 1.807) is 16.8 Å². The van der Waals surface area contributed by atoms with Crippen molar-refractivity contribution in [3.05, 3.63) is 28.9 Å². The molecular weight excluding hydrogens is 192 g/mol. The minimum atomic E-state index is -0.160. The molecule has 1 N–H and O–H groups in total. The monoisotopic (exact) mass is 208 g/mol. The summed E-state index contributed by atoms with van der Waals surface area (Å²) in [4.78, 5) is 17.4. The second-order valence-electron chi connectivity index (χ2n) is 3.69. The smallest absolute Gasteiger partial charge is 0.314 e. The molecule has 0 unspecified atom stereocenters. The van der Waals surface area contributed by atoms with Crippen LogP contribution in [0.15, 0.2) is 23.3 Å². The molecule has 5 heteroatoms. The number of rotatable bonds is 3. The van der Waals surface area contributed by atoms with E-state index >= 15 is 0 Å². The standard InChI is InChI=1S/C10H16N4O/c15-10-12-2-1-5-14(10)9-8-13-6-3-11-4-7-13/h1-2,5,11H,3-4,6-9H2. The molecule has 0 bridgehead atoms. The summed E-state index contributed by atoms with van der Waals surface area (Å²) in [7, 11) is 0. The maximum Gasteiger partial charge on any atom is 0.347 e. The molecule has 1 aromatic rings. The van der Waals surface area contributed by atoms with Gasteiger partial charge in [-0.2, -0.15) is 0 Å². The topological polar surface area (TPSA) is 50.2 Å². The van der Waals surface area contributed by atoms with Crippen LogP contribution < -0.4 is 11.0 Å². The summed E-state index contributed by atoms with van der Waals surface area (Å²) in [5.74, 6) is 0. The Morgan fingerprint density at radius 1 is 1.33 bits per heavy atom. The van der Waals surface area contributed by atoms with Gasteiger partial charge >= 0.3 is 5.69 Å². The summed E-state index contributed by atoms with van der Waals surface area (Å²) in [6, 6.07) is 1.79. The van der Waals surface area contributed by atoms with Gasteiger partial charge in [0.2, 0.25) is 0 Å². The van der Waals surface area contributed by atoms with Crippen LogP contribution in [-0.2, 0) is 6.54 Å². The zero-order valence-electron chi connectivity index (χ0n) is 8.72. The summed E-state index contributed by atoms with van der Waals surface area (Å²) < 4.78 is 1.65. The first-order chi connectivity index (χ1) is 7.36. The van der Waals surface area contributed by atoms with E-state index in [1.807, 2.05) is 0 Å². The third-order valence-corrected chi connectivity index (χ3v) is 2.65. The summed E-state index contributed by atoms with van der Waals surface area (Å²) >= 11 is 0. The molecule has 0 aromatic carbocycles. The molecule has 0 aliphatic carbocycles. The van der Waals surface area contributed by atoms with E-state index in [1.165, 1.54) is 6.20 Å². The number of hydrogen-bond acceptors (Lipinski definition) is 4. The predicted octanol–water partition coefficient (Wildman–Crippen LogP) is -0.851. The molecule has 1 saturated heterocycles. The number of nitrogens with zero attached hydrogens (tertiary/aromatic N) is 3. The van der Waals surface area contributed by atoms with Crippen molar-refractivity contribution in [3.8, 4) is 0 Å². The fourth-order valence-corrected chi connectivity index (χ4v) is 1.74. The molecule has 82 valence electrons. The van der Waals surface area contributed by atoms with Crippen LogP contribution in [-0.4, -0.2) is 47.2 Å². The number of aromatic nitrogens is 2. The van der Waals surface area contributed by atoms with E-state index in [0.29, 0.717) is 0 Å². The Kier molecular flexibility index (Phi) is 3.47. The van der Waals surface area contributed by atoms with Gasteiger partial charge in [0.15, 0.2) is 0 Å². The average molecular weight is 208 g/mol. The Balaban J connectivity index is 1.87. The Morgan fingerprint density at radius 3 is 2.87 bits per heavy atom. The highest BCUT2D eigenvalue weighted by molar-refractivity contribution is 4.81. The Morgan fingerprint density at radius 2 is 2.13 bits per heavy atom. The lowest BCUT2D eigenvalue weighted by molar-refractivity contribution is 0.231. The molecule has 2 heterocycles. The lowest BCUT2D eigenvalue weighted by atomic mass is 10.3. The van der Waals surface area contributed by atoms with Gasteiger partial charge in [0.25, 0.3) is 0 Å². The first kappa shape index (κ1) is 10.3. The van der Waals surface area contributed by atoms with Crippen LogP contribution in [0, 0.1) is 0 Å². The van der Waals surface area contributed by atoms with Gasteiger partial charge in [0.05, 0.1) is 0 Å². The average Bonchev–Trinajstić information content (AvgIpc) is 2.29. The highest BCUT2D eigenvalue weighted by Gasteiger charge is 2.08. The summed E-state index contributed by atoms with van der Waals surface area (Å²) in [5.41, 5.74) is -0.160. The molecular formula is C10H16N4O. The van der Waals surface area contributed by atoms with E-state index in [2.05, 4.69) is 15.2 Å². The maximum atomic E-state index is 11.3. The number of hydrogen-bond donors (Lipinski definition) is 1. The van der Waals surface area contributed by atoms with Gasteiger partial charge in [-0.1, -0.05) is 0 Å². The molecule has 15 heavy (non-hydrogen) atoms. The lowest BCUT2D eigenvalue weighted by Crippen LogP contribution is -2.45. The SMILES string of the molecule is O=c1ncccn1CCN1CCNCC1. The zero-order chi connectivity index (χ0) is 10.5. The van der Waals surface area contributed by atoms with Crippen LogP contribution in [0.2, 0.25) is 0 Å². The van der Waals surface area contributed by atoms with Crippen LogP contribution in [0.3, 0.4) is 0 Å². The zero-order valence-corrected chi connectivity index (χ0v) is 8.72. The van der Waals surface area contributed by atoms with Crippen LogP contribution in [0.25, 0.3) is 0 Å². The van der Waals surface area contributed by atoms with Crippen molar-refractivity contribution in [2.24, 2.45) is 0 Å². The Labute approximate surface area is 88.7 Å². The third-order valence-electron chi connectivity index (χ3n) is 2.65. The lowest BCUT2D eigenvalue weighted by Gasteiger charge is -2.27. The van der Waals surface area contributed by atoms with Gasteiger partial charge in [0.1, 0.15) is 0 Å². The summed E-state index contributed by atoms with van der Waals surface area (Å²) in [5, 5.41) is 3.30. The van der Waals surface area contributed by atoms with Gasteiger partial charge in [-0.25, -0.2) is 9.78 Å². The molecule has 1 aliphatic rings. The maximum absolute atomic E-state index is 11.3. The molecule has 1 aliphatic heterocycles. The molecule has 1 aromatic heterocycles. The molecule has 0 spiro atoms. The molecule has 2 rings (SSSR count). The fraction of sp³-hybridized carbons (Fsp3) is 0.600. The van der Waals surface area contributed by atoms with Crippen molar-refractivity contribution in [2.75, 3.05) is 32.7 Å². The predicted molar refractivity (Wildman–Crippen MR) is 57.8 cm³/mol. The Hall–Kier alpha value is -1.20. The van der Waals surface area contributed by atoms with E-state index in [4.69, 9.17) is 0 Å². The van der Waals surface area contributed by atoms with Crippen LogP contribution in [0.1, 0.15) is 0 Å². The first-order valence-electron chi connectivity index (χ1n) is 5.31. The minimum Gasteiger partial charge on any atom is -0.314 e. The second kappa shape index (κ2) is 5.04. The molecule has 5 nitrogen and oxygen atoms in total. The minimum absolute atomic E-state index is 0.160. The molecule has 0 radical (unpaired) electrons. The normalized spacial score (nSPS) is 17.9. The van der Waals surface area contributed by atoms with E-state index in [0.717, 1.165) is 39.3 Å². The van der Waals surface area contributed by atoms with Crippen molar-refractivity contribution in [2.45, 2.75) is 6.54 Å². The quantitative estimate of drug-likeness (QED) is 0.703. The van der Waals surface area contributed by atoms with E-state index in [-0.39, 0.29) is 5.69 Å². The third kappa shape index (κ3) is 2.87. The van der Waals surface area contributed by atoms with E-state index < -0.39 is 0 Å². The molecule has 0 atom stereocenters. The highest BCUT2D eigenvalue weighted by Crippen LogP contribution is 1.92. The molecule has 1 fully saturated rings. The van der Waals surface area contributed by atoms with Crippen molar-refractivity contribution in [1.29, 1.82) is 0 Å². The highest BCUT2D eigenvalue weighted by atomic mass is 16.1. The molecule has 0 saturated carbocycles. The number of nitrogens with one attached hydrogen (secondary N) is 1. The van der Waals surface area contributed by atoms with Crippen molar-refractivity contribution in [3.63, 3.8) is 0 Å². The fourth-order valence-electron chi connectivity index (χ4n) is 1.74. The van der Waals surface area contributed by atoms with Crippen LogP contribution in [0.5, 0.6) is 0 Å².